The highest BCUT2D eigenvalue weighted by molar-refractivity contribution is 5.94. The van der Waals surface area contributed by atoms with Gasteiger partial charge in [-0.2, -0.15) is 4.98 Å². The van der Waals surface area contributed by atoms with Gasteiger partial charge in [0.2, 0.25) is 5.89 Å². The Labute approximate surface area is 152 Å². The van der Waals surface area contributed by atoms with Gasteiger partial charge in [-0.15, -0.1) is 0 Å². The van der Waals surface area contributed by atoms with Gasteiger partial charge in [0.1, 0.15) is 5.65 Å². The maximum Gasteiger partial charge on any atom is 0.255 e. The van der Waals surface area contributed by atoms with Gasteiger partial charge in [0.05, 0.1) is 17.2 Å². The summed E-state index contributed by atoms with van der Waals surface area (Å²) >= 11 is 0. The van der Waals surface area contributed by atoms with Crippen LogP contribution in [0.1, 0.15) is 66.3 Å². The van der Waals surface area contributed by atoms with Crippen LogP contribution >= 0.6 is 0 Å². The molecule has 0 aromatic carbocycles. The Morgan fingerprint density at radius 2 is 2.12 bits per heavy atom. The summed E-state index contributed by atoms with van der Waals surface area (Å²) in [5.74, 6) is 1.74. The number of nitrogens with zero attached hydrogens (tertiary/aromatic N) is 5. The van der Waals surface area contributed by atoms with Gasteiger partial charge in [-0.25, -0.2) is 4.98 Å². The standard InChI is InChI=1S/C19H23N5O2/c1-12(2)17-21-18(26-22-17)14-5-4-8-23(10-14)19(25)15-6-7-16-20-13(3)9-24(16)11-15/h6-7,9,11-12,14H,4-5,8,10H2,1-3H3. The lowest BCUT2D eigenvalue weighted by Gasteiger charge is -2.31. The Balaban J connectivity index is 1.53. The highest BCUT2D eigenvalue weighted by atomic mass is 16.5. The van der Waals surface area contributed by atoms with E-state index < -0.39 is 0 Å². The van der Waals surface area contributed by atoms with Gasteiger partial charge in [0, 0.05) is 31.4 Å². The molecule has 0 radical (unpaired) electrons. The maximum absolute atomic E-state index is 13.0. The van der Waals surface area contributed by atoms with Crippen LogP contribution in [-0.4, -0.2) is 43.4 Å². The first kappa shape index (κ1) is 16.8. The first-order valence-electron chi connectivity index (χ1n) is 9.09. The number of aryl methyl sites for hydroxylation is 1. The lowest BCUT2D eigenvalue weighted by molar-refractivity contribution is 0.0695. The van der Waals surface area contributed by atoms with Crippen molar-refractivity contribution in [1.29, 1.82) is 0 Å². The molecule has 0 saturated carbocycles. The van der Waals surface area contributed by atoms with Crippen molar-refractivity contribution in [3.8, 4) is 0 Å². The summed E-state index contributed by atoms with van der Waals surface area (Å²) in [5, 5.41) is 4.06. The van der Waals surface area contributed by atoms with Crippen LogP contribution in [0.2, 0.25) is 0 Å². The molecule has 1 aliphatic heterocycles. The van der Waals surface area contributed by atoms with Gasteiger partial charge in [0.25, 0.3) is 5.91 Å². The SMILES string of the molecule is Cc1cn2cc(C(=O)N3CCCC(c4nc(C(C)C)no4)C3)ccc2n1. The minimum absolute atomic E-state index is 0.0338. The summed E-state index contributed by atoms with van der Waals surface area (Å²) in [4.78, 5) is 23.8. The number of piperidine rings is 1. The number of hydrogen-bond acceptors (Lipinski definition) is 5. The summed E-state index contributed by atoms with van der Waals surface area (Å²) in [6.45, 7) is 7.39. The molecule has 1 unspecified atom stereocenters. The minimum atomic E-state index is 0.0338. The molecule has 0 aliphatic carbocycles. The molecule has 136 valence electrons. The van der Waals surface area contributed by atoms with Crippen LogP contribution < -0.4 is 0 Å². The number of carbonyl (C=O) groups excluding carboxylic acids is 1. The molecular weight excluding hydrogens is 330 g/mol. The second-order valence-electron chi connectivity index (χ2n) is 7.30. The molecule has 0 bridgehead atoms. The summed E-state index contributed by atoms with van der Waals surface area (Å²) in [7, 11) is 0. The fourth-order valence-electron chi connectivity index (χ4n) is 3.44. The molecule has 7 nitrogen and oxygen atoms in total. The van der Waals surface area contributed by atoms with Crippen LogP contribution in [0.15, 0.2) is 29.0 Å². The second kappa shape index (κ2) is 6.55. The lowest BCUT2D eigenvalue weighted by Crippen LogP contribution is -2.39. The van der Waals surface area contributed by atoms with Crippen LogP contribution in [0.5, 0.6) is 0 Å². The molecule has 4 rings (SSSR count). The Hall–Kier alpha value is -2.70. The number of pyridine rings is 1. The zero-order valence-electron chi connectivity index (χ0n) is 15.3. The monoisotopic (exact) mass is 353 g/mol. The van der Waals surface area contributed by atoms with Gasteiger partial charge in [0.15, 0.2) is 5.82 Å². The van der Waals surface area contributed by atoms with E-state index in [1.807, 2.05) is 54.6 Å². The molecule has 0 N–H and O–H groups in total. The Morgan fingerprint density at radius 1 is 1.27 bits per heavy atom. The van der Waals surface area contributed by atoms with E-state index in [1.54, 1.807) is 0 Å². The number of fused-ring (bicyclic) bond motifs is 1. The topological polar surface area (TPSA) is 76.5 Å². The molecule has 4 heterocycles. The lowest BCUT2D eigenvalue weighted by atomic mass is 9.97. The smallest absolute Gasteiger partial charge is 0.255 e. The summed E-state index contributed by atoms with van der Waals surface area (Å²) in [6, 6.07) is 3.73. The van der Waals surface area contributed by atoms with Crippen molar-refractivity contribution in [3.63, 3.8) is 0 Å². The van der Waals surface area contributed by atoms with Crippen LogP contribution in [0.3, 0.4) is 0 Å². The Bertz CT molecular complexity index is 942. The van der Waals surface area contributed by atoms with Crippen molar-refractivity contribution in [1.82, 2.24) is 24.4 Å². The van der Waals surface area contributed by atoms with Crippen molar-refractivity contribution in [2.75, 3.05) is 13.1 Å². The minimum Gasteiger partial charge on any atom is -0.339 e. The first-order valence-corrected chi connectivity index (χ1v) is 9.09. The molecule has 26 heavy (non-hydrogen) atoms. The first-order chi connectivity index (χ1) is 12.5. The van der Waals surface area contributed by atoms with Crippen molar-refractivity contribution in [3.05, 3.63) is 47.5 Å². The summed E-state index contributed by atoms with van der Waals surface area (Å²) < 4.78 is 7.35. The number of hydrogen-bond donors (Lipinski definition) is 0. The predicted molar refractivity (Wildman–Crippen MR) is 96.2 cm³/mol. The molecule has 1 fully saturated rings. The molecule has 0 spiro atoms. The number of amides is 1. The van der Waals surface area contributed by atoms with Crippen molar-refractivity contribution in [2.45, 2.75) is 45.4 Å². The molecule has 3 aromatic heterocycles. The zero-order chi connectivity index (χ0) is 18.3. The van der Waals surface area contributed by atoms with E-state index in [4.69, 9.17) is 4.52 Å². The van der Waals surface area contributed by atoms with E-state index in [9.17, 15) is 4.79 Å². The molecule has 7 heteroatoms. The molecule has 1 amide bonds. The van der Waals surface area contributed by atoms with Gasteiger partial charge >= 0.3 is 0 Å². The third-order valence-electron chi connectivity index (χ3n) is 4.85. The van der Waals surface area contributed by atoms with Crippen molar-refractivity contribution >= 4 is 11.6 Å². The largest absolute Gasteiger partial charge is 0.339 e. The summed E-state index contributed by atoms with van der Waals surface area (Å²) in [6.07, 6.45) is 5.67. The molecule has 1 atom stereocenters. The molecule has 1 saturated heterocycles. The van der Waals surface area contributed by atoms with Crippen LogP contribution in [-0.2, 0) is 0 Å². The molecule has 3 aromatic rings. The Kier molecular flexibility index (Phi) is 4.22. The van der Waals surface area contributed by atoms with Gasteiger partial charge < -0.3 is 13.8 Å². The number of carbonyl (C=O) groups is 1. The van der Waals surface area contributed by atoms with Crippen LogP contribution in [0.4, 0.5) is 0 Å². The number of imidazole rings is 1. The van der Waals surface area contributed by atoms with E-state index in [0.717, 1.165) is 36.6 Å². The van der Waals surface area contributed by atoms with Gasteiger partial charge in [-0.3, -0.25) is 4.79 Å². The third-order valence-corrected chi connectivity index (χ3v) is 4.85. The van der Waals surface area contributed by atoms with E-state index >= 15 is 0 Å². The maximum atomic E-state index is 13.0. The van der Waals surface area contributed by atoms with Crippen molar-refractivity contribution < 1.29 is 9.32 Å². The number of aromatic nitrogens is 4. The fourth-order valence-corrected chi connectivity index (χ4v) is 3.44. The quantitative estimate of drug-likeness (QED) is 0.723. The average Bonchev–Trinajstić information content (AvgIpc) is 3.26. The van der Waals surface area contributed by atoms with Crippen LogP contribution in [0.25, 0.3) is 5.65 Å². The fraction of sp³-hybridized carbons (Fsp3) is 0.474. The zero-order valence-corrected chi connectivity index (χ0v) is 15.3. The number of rotatable bonds is 3. The number of likely N-dealkylation sites (tertiary alicyclic amines) is 1. The average molecular weight is 353 g/mol. The van der Waals surface area contributed by atoms with Crippen LogP contribution in [0, 0.1) is 6.92 Å². The van der Waals surface area contributed by atoms with Gasteiger partial charge in [-0.05, 0) is 31.9 Å². The predicted octanol–water partition coefficient (Wildman–Crippen LogP) is 3.17. The molecule has 1 aliphatic rings. The van der Waals surface area contributed by atoms with E-state index in [1.165, 1.54) is 0 Å². The van der Waals surface area contributed by atoms with E-state index in [-0.39, 0.29) is 17.7 Å². The highest BCUT2D eigenvalue weighted by Crippen LogP contribution is 2.27. The van der Waals surface area contributed by atoms with E-state index in [2.05, 4.69) is 15.1 Å². The van der Waals surface area contributed by atoms with E-state index in [0.29, 0.717) is 18.0 Å². The third kappa shape index (κ3) is 3.09. The Morgan fingerprint density at radius 3 is 2.88 bits per heavy atom. The van der Waals surface area contributed by atoms with Gasteiger partial charge in [-0.1, -0.05) is 19.0 Å². The second-order valence-corrected chi connectivity index (χ2v) is 7.30. The van der Waals surface area contributed by atoms with Crippen molar-refractivity contribution in [2.24, 2.45) is 0 Å². The molecular formula is C19H23N5O2. The normalized spacial score (nSPS) is 18.0. The summed E-state index contributed by atoms with van der Waals surface area (Å²) in [5.41, 5.74) is 2.46. The highest BCUT2D eigenvalue weighted by Gasteiger charge is 2.29.